The molecule has 0 bridgehead atoms. The van der Waals surface area contributed by atoms with E-state index in [-0.39, 0.29) is 4.90 Å². The van der Waals surface area contributed by atoms with Crippen LogP contribution in [0.5, 0.6) is 0 Å². The van der Waals surface area contributed by atoms with Crippen LogP contribution >= 0.6 is 0 Å². The molecule has 0 unspecified atom stereocenters. The number of benzene rings is 1. The van der Waals surface area contributed by atoms with Gasteiger partial charge in [0.2, 0.25) is 0 Å². The first-order valence-corrected chi connectivity index (χ1v) is 14.1. The van der Waals surface area contributed by atoms with Crippen LogP contribution in [-0.2, 0) is 38.0 Å². The first-order valence-electron chi connectivity index (χ1n) is 12.7. The summed E-state index contributed by atoms with van der Waals surface area (Å²) in [5.74, 6) is -1.32. The number of ether oxygens (including phenoxy) is 5. The van der Waals surface area contributed by atoms with Crippen molar-refractivity contribution in [3.05, 3.63) is 29.8 Å². The topological polar surface area (TPSA) is 89.5 Å². The Hall–Kier alpha value is -1.07. The summed E-state index contributed by atoms with van der Waals surface area (Å²) in [6, 6.07) is 6.64. The van der Waals surface area contributed by atoms with Crippen LogP contribution in [0.4, 0.5) is 0 Å². The van der Waals surface area contributed by atoms with Crippen molar-refractivity contribution in [2.24, 2.45) is 0 Å². The van der Waals surface area contributed by atoms with E-state index < -0.39 is 52.4 Å². The average molecular weight is 495 g/mol. The molecule has 188 valence electrons. The van der Waals surface area contributed by atoms with Gasteiger partial charge in [-0.25, -0.2) is 0 Å². The van der Waals surface area contributed by atoms with Crippen LogP contribution in [0.15, 0.2) is 29.2 Å². The molecule has 9 heteroatoms. The second-order valence-corrected chi connectivity index (χ2v) is 12.0. The van der Waals surface area contributed by atoms with Crippen molar-refractivity contribution in [2.45, 2.75) is 118 Å². The Morgan fingerprint density at radius 2 is 1.47 bits per heavy atom. The van der Waals surface area contributed by atoms with Gasteiger partial charge in [0.05, 0.1) is 11.5 Å². The van der Waals surface area contributed by atoms with Crippen molar-refractivity contribution in [2.75, 3.05) is 6.61 Å². The lowest BCUT2D eigenvalue weighted by Crippen LogP contribution is -2.46. The highest BCUT2D eigenvalue weighted by atomic mass is 32.2. The predicted molar refractivity (Wildman–Crippen MR) is 120 cm³/mol. The lowest BCUT2D eigenvalue weighted by molar-refractivity contribution is -0.258. The van der Waals surface area contributed by atoms with Crippen molar-refractivity contribution < 1.29 is 36.3 Å². The number of rotatable bonds is 4. The third-order valence-corrected chi connectivity index (χ3v) is 9.24. The number of aryl methyl sites for hydroxylation is 1. The van der Waals surface area contributed by atoms with Crippen molar-refractivity contribution in [3.63, 3.8) is 0 Å². The summed E-state index contributed by atoms with van der Waals surface area (Å²) in [6.45, 7) is 2.24. The molecule has 0 radical (unpaired) electrons. The molecule has 6 rings (SSSR count). The maximum Gasteiger partial charge on any atom is 0.297 e. The molecule has 0 N–H and O–H groups in total. The van der Waals surface area contributed by atoms with Gasteiger partial charge in [-0.3, -0.25) is 4.18 Å². The fourth-order valence-electron chi connectivity index (χ4n) is 6.09. The Morgan fingerprint density at radius 1 is 0.824 bits per heavy atom. The Kier molecular flexibility index (Phi) is 6.04. The molecule has 3 heterocycles. The van der Waals surface area contributed by atoms with Crippen molar-refractivity contribution in [1.82, 2.24) is 0 Å². The molecule has 5 fully saturated rings. The SMILES string of the molecule is Cc1ccc(S(=O)(=O)O[C@@H]2[C@H]3OC4(CCCCC4)O[C@H]3O[C@@H]2[C@H]2COC3(CCCCC3)O2)cc1. The highest BCUT2D eigenvalue weighted by molar-refractivity contribution is 7.86. The lowest BCUT2D eigenvalue weighted by Gasteiger charge is -2.35. The van der Waals surface area contributed by atoms with Gasteiger partial charge in [-0.15, -0.1) is 0 Å². The van der Waals surface area contributed by atoms with Gasteiger partial charge in [-0.2, -0.15) is 8.42 Å². The molecule has 5 atom stereocenters. The maximum absolute atomic E-state index is 13.3. The quantitative estimate of drug-likeness (QED) is 0.582. The van der Waals surface area contributed by atoms with E-state index in [0.29, 0.717) is 6.61 Å². The molecule has 3 saturated heterocycles. The van der Waals surface area contributed by atoms with Gasteiger partial charge in [0.25, 0.3) is 10.1 Å². The summed E-state index contributed by atoms with van der Waals surface area (Å²) in [7, 11) is -4.05. The van der Waals surface area contributed by atoms with Crippen molar-refractivity contribution in [3.8, 4) is 0 Å². The molecule has 34 heavy (non-hydrogen) atoms. The second-order valence-electron chi connectivity index (χ2n) is 10.4. The van der Waals surface area contributed by atoms with Crippen molar-refractivity contribution in [1.29, 1.82) is 0 Å². The van der Waals surface area contributed by atoms with Crippen LogP contribution < -0.4 is 0 Å². The van der Waals surface area contributed by atoms with Gasteiger partial charge in [-0.1, -0.05) is 30.5 Å². The van der Waals surface area contributed by atoms with E-state index in [0.717, 1.165) is 63.4 Å². The molecular weight excluding hydrogens is 460 g/mol. The standard InChI is InChI=1S/C25H34O8S/c1-17-8-10-18(11-9-17)34(26,27)33-21-20(19-16-28-24(30-19)12-4-2-5-13-24)29-23-22(21)31-25(32-23)14-6-3-7-15-25/h8-11,19-23H,2-7,12-16H2,1H3/t19-,20-,21+,22-,23-/m1/s1. The first-order chi connectivity index (χ1) is 16.4. The summed E-state index contributed by atoms with van der Waals surface area (Å²) in [4.78, 5) is 0.110. The number of hydrogen-bond donors (Lipinski definition) is 0. The Balaban J connectivity index is 1.26. The minimum absolute atomic E-state index is 0.110. The third-order valence-electron chi connectivity index (χ3n) is 7.91. The van der Waals surface area contributed by atoms with Crippen molar-refractivity contribution >= 4 is 10.1 Å². The van der Waals surface area contributed by atoms with Gasteiger partial charge in [-0.05, 0) is 44.7 Å². The number of hydrogen-bond acceptors (Lipinski definition) is 8. The zero-order chi connectivity index (χ0) is 23.4. The summed E-state index contributed by atoms with van der Waals surface area (Å²) < 4.78 is 64.0. The Labute approximate surface area is 201 Å². The average Bonchev–Trinajstić information content (AvgIpc) is 3.47. The fraction of sp³-hybridized carbons (Fsp3) is 0.760. The molecule has 0 amide bonds. The van der Waals surface area contributed by atoms with E-state index in [9.17, 15) is 8.42 Å². The molecule has 5 aliphatic rings. The number of fused-ring (bicyclic) bond motifs is 1. The normalized spacial score (nSPS) is 36.8. The van der Waals surface area contributed by atoms with Gasteiger partial charge >= 0.3 is 0 Å². The molecule has 2 aliphatic carbocycles. The van der Waals surface area contributed by atoms with Gasteiger partial charge in [0.1, 0.15) is 24.4 Å². The third kappa shape index (κ3) is 4.23. The van der Waals surface area contributed by atoms with Gasteiger partial charge < -0.3 is 23.7 Å². The zero-order valence-electron chi connectivity index (χ0n) is 19.6. The first kappa shape index (κ1) is 23.3. The molecule has 1 aromatic rings. The summed E-state index contributed by atoms with van der Waals surface area (Å²) in [5, 5.41) is 0. The Bertz CT molecular complexity index is 981. The van der Waals surface area contributed by atoms with Crippen LogP contribution in [-0.4, -0.2) is 57.3 Å². The molecule has 2 saturated carbocycles. The van der Waals surface area contributed by atoms with Crippen LogP contribution in [0, 0.1) is 6.92 Å². The van der Waals surface area contributed by atoms with Crippen LogP contribution in [0.25, 0.3) is 0 Å². The molecular formula is C25H34O8S. The highest BCUT2D eigenvalue weighted by Gasteiger charge is 2.62. The highest BCUT2D eigenvalue weighted by Crippen LogP contribution is 2.48. The van der Waals surface area contributed by atoms with Gasteiger partial charge in [0, 0.05) is 25.7 Å². The molecule has 3 aliphatic heterocycles. The summed E-state index contributed by atoms with van der Waals surface area (Å²) in [5.41, 5.74) is 0.974. The lowest BCUT2D eigenvalue weighted by atomic mass is 9.94. The van der Waals surface area contributed by atoms with Crippen LogP contribution in [0.2, 0.25) is 0 Å². The molecule has 1 aromatic carbocycles. The van der Waals surface area contributed by atoms with E-state index in [4.69, 9.17) is 27.9 Å². The smallest absolute Gasteiger partial charge is 0.297 e. The second kappa shape index (κ2) is 8.80. The predicted octanol–water partition coefficient (Wildman–Crippen LogP) is 3.95. The zero-order valence-corrected chi connectivity index (χ0v) is 20.5. The molecule has 0 aromatic heterocycles. The van der Waals surface area contributed by atoms with E-state index in [1.165, 1.54) is 6.42 Å². The summed E-state index contributed by atoms with van der Waals surface area (Å²) >= 11 is 0. The van der Waals surface area contributed by atoms with Crippen LogP contribution in [0.1, 0.15) is 69.8 Å². The summed E-state index contributed by atoms with van der Waals surface area (Å²) in [6.07, 6.45) is 6.35. The Morgan fingerprint density at radius 3 is 2.15 bits per heavy atom. The van der Waals surface area contributed by atoms with E-state index in [1.807, 2.05) is 6.92 Å². The largest absolute Gasteiger partial charge is 0.347 e. The van der Waals surface area contributed by atoms with E-state index >= 15 is 0 Å². The van der Waals surface area contributed by atoms with E-state index in [1.54, 1.807) is 24.3 Å². The molecule has 2 spiro atoms. The van der Waals surface area contributed by atoms with E-state index in [2.05, 4.69) is 0 Å². The fourth-order valence-corrected chi connectivity index (χ4v) is 7.18. The maximum atomic E-state index is 13.3. The van der Waals surface area contributed by atoms with Crippen LogP contribution in [0.3, 0.4) is 0 Å². The van der Waals surface area contributed by atoms with Gasteiger partial charge in [0.15, 0.2) is 17.9 Å². The molecule has 8 nitrogen and oxygen atoms in total. The monoisotopic (exact) mass is 494 g/mol. The minimum atomic E-state index is -4.05. The minimum Gasteiger partial charge on any atom is -0.347 e.